The molecule has 0 unspecified atom stereocenters. The van der Waals surface area contributed by atoms with Gasteiger partial charge in [-0.1, -0.05) is 19.9 Å². The van der Waals surface area contributed by atoms with Crippen molar-refractivity contribution in [3.63, 3.8) is 0 Å². The molecule has 44 heavy (non-hydrogen) atoms. The van der Waals surface area contributed by atoms with Gasteiger partial charge in [0.05, 0.1) is 23.8 Å². The third kappa shape index (κ3) is 7.13. The normalized spacial score (nSPS) is 17.6. The molecule has 0 bridgehead atoms. The fourth-order valence-electron chi connectivity index (χ4n) is 6.83. The molecule has 5 rings (SSSR count). The molecule has 2 aliphatic rings. The zero-order chi connectivity index (χ0) is 31.5. The van der Waals surface area contributed by atoms with Gasteiger partial charge >= 0.3 is 0 Å². The Balaban J connectivity index is 1.40. The van der Waals surface area contributed by atoms with Crippen molar-refractivity contribution < 1.29 is 18.0 Å². The van der Waals surface area contributed by atoms with E-state index in [9.17, 15) is 18.0 Å². The maximum absolute atomic E-state index is 14.6. The van der Waals surface area contributed by atoms with Crippen molar-refractivity contribution in [1.82, 2.24) is 29.4 Å². The average molecular weight is 613 g/mol. The van der Waals surface area contributed by atoms with Crippen LogP contribution in [-0.2, 0) is 0 Å². The number of benzene rings is 1. The molecule has 1 N–H and O–H groups in total. The van der Waals surface area contributed by atoms with E-state index >= 15 is 0 Å². The highest BCUT2D eigenvalue weighted by Gasteiger charge is 2.35. The van der Waals surface area contributed by atoms with Crippen LogP contribution in [-0.4, -0.2) is 101 Å². The van der Waals surface area contributed by atoms with Crippen LogP contribution >= 0.6 is 0 Å². The number of rotatable bonds is 12. The summed E-state index contributed by atoms with van der Waals surface area (Å²) in [7, 11) is 0. The molecule has 0 spiro atoms. The summed E-state index contributed by atoms with van der Waals surface area (Å²) in [5.74, 6) is 0.479. The number of hydrogen-bond acceptors (Lipinski definition) is 5. The number of carbonyl (C=O) groups excluding carboxylic acids is 1. The SMILES string of the molecule is Cc1ncc2c(-c3ccc(F)cc3C(=O)N(CC(F)F)C(C)C)cc(C3CN([C@H](CCCN4CCNCC4)C(C)C)C3)cn12. The van der Waals surface area contributed by atoms with Gasteiger partial charge in [-0.15, -0.1) is 0 Å². The van der Waals surface area contributed by atoms with E-state index in [4.69, 9.17) is 0 Å². The van der Waals surface area contributed by atoms with Crippen LogP contribution < -0.4 is 5.32 Å². The Morgan fingerprint density at radius 2 is 1.82 bits per heavy atom. The van der Waals surface area contributed by atoms with Crippen molar-refractivity contribution in [2.75, 3.05) is 52.4 Å². The van der Waals surface area contributed by atoms with Crippen LogP contribution in [0.25, 0.3) is 16.6 Å². The number of carbonyl (C=O) groups is 1. The van der Waals surface area contributed by atoms with Crippen molar-refractivity contribution in [2.24, 2.45) is 5.92 Å². The fraction of sp³-hybridized carbons (Fsp3) is 0.588. The van der Waals surface area contributed by atoms with Gasteiger partial charge in [-0.05, 0) is 75.4 Å². The van der Waals surface area contributed by atoms with Gasteiger partial charge in [0.15, 0.2) is 0 Å². The summed E-state index contributed by atoms with van der Waals surface area (Å²) in [6.45, 7) is 16.6. The minimum atomic E-state index is -2.69. The number of nitrogens with one attached hydrogen (secondary N) is 1. The van der Waals surface area contributed by atoms with Gasteiger partial charge < -0.3 is 19.5 Å². The van der Waals surface area contributed by atoms with E-state index in [1.807, 2.05) is 11.3 Å². The second-order valence-electron chi connectivity index (χ2n) is 13.1. The van der Waals surface area contributed by atoms with Gasteiger partial charge in [-0.25, -0.2) is 18.2 Å². The largest absolute Gasteiger partial charge is 0.330 e. The molecule has 2 aromatic heterocycles. The van der Waals surface area contributed by atoms with Gasteiger partial charge in [-0.2, -0.15) is 0 Å². The quantitative estimate of drug-likeness (QED) is 0.286. The molecule has 2 saturated heterocycles. The van der Waals surface area contributed by atoms with Crippen molar-refractivity contribution in [1.29, 1.82) is 0 Å². The molecule has 1 atom stereocenters. The number of nitrogens with zero attached hydrogens (tertiary/aromatic N) is 5. The number of imidazole rings is 1. The lowest BCUT2D eigenvalue weighted by atomic mass is 9.85. The van der Waals surface area contributed by atoms with E-state index in [-0.39, 0.29) is 5.56 Å². The fourth-order valence-corrected chi connectivity index (χ4v) is 6.83. The molecule has 2 aliphatic heterocycles. The highest BCUT2D eigenvalue weighted by Crippen LogP contribution is 2.37. The Morgan fingerprint density at radius 3 is 2.48 bits per heavy atom. The van der Waals surface area contributed by atoms with E-state index in [1.165, 1.54) is 25.0 Å². The molecule has 7 nitrogen and oxygen atoms in total. The van der Waals surface area contributed by atoms with Crippen LogP contribution in [0.3, 0.4) is 0 Å². The van der Waals surface area contributed by atoms with Crippen molar-refractivity contribution in [2.45, 2.75) is 71.9 Å². The van der Waals surface area contributed by atoms with Gasteiger partial charge in [0.2, 0.25) is 0 Å². The Bertz CT molecular complexity index is 1430. The van der Waals surface area contributed by atoms with Crippen LogP contribution in [0, 0.1) is 18.7 Å². The molecule has 0 radical (unpaired) electrons. The predicted molar refractivity (Wildman–Crippen MR) is 169 cm³/mol. The highest BCUT2D eigenvalue weighted by molar-refractivity contribution is 6.03. The summed E-state index contributed by atoms with van der Waals surface area (Å²) in [6.07, 6.45) is 3.55. The number of alkyl halides is 2. The Hall–Kier alpha value is -2.95. The minimum Gasteiger partial charge on any atom is -0.330 e. The number of aromatic nitrogens is 2. The van der Waals surface area contributed by atoms with E-state index < -0.39 is 30.7 Å². The van der Waals surface area contributed by atoms with Crippen LogP contribution in [0.5, 0.6) is 0 Å². The zero-order valence-corrected chi connectivity index (χ0v) is 26.7. The first-order chi connectivity index (χ1) is 21.0. The summed E-state index contributed by atoms with van der Waals surface area (Å²) < 4.78 is 43.4. The predicted octanol–water partition coefficient (Wildman–Crippen LogP) is 5.67. The van der Waals surface area contributed by atoms with E-state index in [0.717, 1.165) is 73.2 Å². The second-order valence-corrected chi connectivity index (χ2v) is 13.1. The number of halogens is 3. The Kier molecular flexibility index (Phi) is 10.3. The molecule has 3 aromatic rings. The maximum Gasteiger partial charge on any atom is 0.255 e. The molecular formula is C34H47F3N6O. The Labute approximate surface area is 259 Å². The molecule has 1 aromatic carbocycles. The van der Waals surface area contributed by atoms with Crippen molar-refractivity contribution in [3.05, 3.63) is 59.4 Å². The van der Waals surface area contributed by atoms with Gasteiger partial charge in [-0.3, -0.25) is 9.69 Å². The van der Waals surface area contributed by atoms with E-state index in [1.54, 1.807) is 26.1 Å². The standard InChI is InChI=1S/C34H47F3N6O/c1-22(2)31(7-6-12-40-13-10-38-11-14-40)41-18-26(19-41)25-15-29(32-17-39-24(5)43(32)20-25)28-9-8-27(35)16-30(28)34(44)42(23(3)4)21-33(36)37/h8-9,15-17,20,22-23,26,31,33,38H,6-7,10-14,18-19,21H2,1-5H3/t31-/m1/s1. The molecular weight excluding hydrogens is 565 g/mol. The molecule has 10 heteroatoms. The lowest BCUT2D eigenvalue weighted by molar-refractivity contribution is 0.0476. The summed E-state index contributed by atoms with van der Waals surface area (Å²) >= 11 is 0. The second kappa shape index (κ2) is 14.0. The summed E-state index contributed by atoms with van der Waals surface area (Å²) in [6, 6.07) is 6.22. The van der Waals surface area contributed by atoms with Crippen molar-refractivity contribution in [3.8, 4) is 11.1 Å². The molecule has 1 amide bonds. The zero-order valence-electron chi connectivity index (χ0n) is 26.7. The summed E-state index contributed by atoms with van der Waals surface area (Å²) in [5, 5.41) is 3.42. The monoisotopic (exact) mass is 612 g/mol. The number of amides is 1. The lowest BCUT2D eigenvalue weighted by Crippen LogP contribution is -2.52. The minimum absolute atomic E-state index is 0.0804. The van der Waals surface area contributed by atoms with E-state index in [0.29, 0.717) is 23.4 Å². The first-order valence-electron chi connectivity index (χ1n) is 16.1. The number of fused-ring (bicyclic) bond motifs is 1. The van der Waals surface area contributed by atoms with Gasteiger partial charge in [0.1, 0.15) is 11.6 Å². The first kappa shape index (κ1) is 32.4. The lowest BCUT2D eigenvalue weighted by Gasteiger charge is -2.46. The Morgan fingerprint density at radius 1 is 1.09 bits per heavy atom. The molecule has 4 heterocycles. The topological polar surface area (TPSA) is 56.1 Å². The van der Waals surface area contributed by atoms with Crippen LogP contribution in [0.1, 0.15) is 68.2 Å². The molecule has 0 aliphatic carbocycles. The van der Waals surface area contributed by atoms with Crippen LogP contribution in [0.2, 0.25) is 0 Å². The van der Waals surface area contributed by atoms with Gasteiger partial charge in [0, 0.05) is 69.0 Å². The number of piperazine rings is 1. The van der Waals surface area contributed by atoms with Gasteiger partial charge in [0.25, 0.3) is 12.3 Å². The molecule has 0 saturated carbocycles. The first-order valence-corrected chi connectivity index (χ1v) is 16.1. The molecule has 240 valence electrons. The summed E-state index contributed by atoms with van der Waals surface area (Å²) in [5.41, 5.74) is 3.27. The third-order valence-electron chi connectivity index (χ3n) is 9.37. The maximum atomic E-state index is 14.6. The number of hydrogen-bond donors (Lipinski definition) is 1. The average Bonchev–Trinajstić information content (AvgIpc) is 3.34. The smallest absolute Gasteiger partial charge is 0.255 e. The highest BCUT2D eigenvalue weighted by atomic mass is 19.3. The van der Waals surface area contributed by atoms with Crippen LogP contribution in [0.15, 0.2) is 36.7 Å². The van der Waals surface area contributed by atoms with Crippen LogP contribution in [0.4, 0.5) is 13.2 Å². The van der Waals surface area contributed by atoms with Crippen molar-refractivity contribution >= 4 is 11.4 Å². The number of aryl methyl sites for hydroxylation is 1. The molecule has 2 fully saturated rings. The van der Waals surface area contributed by atoms with E-state index in [2.05, 4.69) is 46.2 Å². The number of likely N-dealkylation sites (tertiary alicyclic amines) is 1. The third-order valence-corrected chi connectivity index (χ3v) is 9.37. The number of pyridine rings is 1. The summed E-state index contributed by atoms with van der Waals surface area (Å²) in [4.78, 5) is 24.5.